The monoisotopic (exact) mass is 598 g/mol. The zero-order chi connectivity index (χ0) is 30.8. The first kappa shape index (κ1) is 31.0. The molecule has 4 rings (SSSR count). The standard InChI is InChI=1S/C33H34N4O5S/c1-24-11-10-16-31(25(24)2)37(43(40,41)30-14-8-5-9-15-30)22-32(38)36-34-21-27-17-19-29(20-18-27)42-23-33(39)35-26(3)28-12-6-4-7-13-28/h4-21,26H,22-23H2,1-3H3,(H,35,39)(H,36,38)/t26-/m1/s1. The maximum Gasteiger partial charge on any atom is 0.264 e. The van der Waals surface area contributed by atoms with E-state index in [0.29, 0.717) is 17.0 Å². The Morgan fingerprint density at radius 1 is 0.860 bits per heavy atom. The van der Waals surface area contributed by atoms with Crippen LogP contribution in [0.1, 0.15) is 35.2 Å². The van der Waals surface area contributed by atoms with Crippen LogP contribution in [0.15, 0.2) is 113 Å². The molecule has 0 bridgehead atoms. The van der Waals surface area contributed by atoms with E-state index in [1.165, 1.54) is 18.3 Å². The molecule has 2 N–H and O–H groups in total. The van der Waals surface area contributed by atoms with E-state index in [0.717, 1.165) is 21.0 Å². The zero-order valence-electron chi connectivity index (χ0n) is 24.2. The number of benzene rings is 4. The largest absolute Gasteiger partial charge is 0.484 e. The van der Waals surface area contributed by atoms with Gasteiger partial charge in [0.1, 0.15) is 12.3 Å². The lowest BCUT2D eigenvalue weighted by Gasteiger charge is -2.26. The second kappa shape index (κ2) is 14.3. The molecule has 0 saturated heterocycles. The number of anilines is 1. The van der Waals surface area contributed by atoms with Crippen molar-refractivity contribution >= 4 is 33.7 Å². The number of sulfonamides is 1. The molecule has 4 aromatic rings. The molecule has 1 atom stereocenters. The number of ether oxygens (including phenoxy) is 1. The fourth-order valence-electron chi connectivity index (χ4n) is 4.28. The molecule has 0 heterocycles. The van der Waals surface area contributed by atoms with Crippen molar-refractivity contribution < 1.29 is 22.7 Å². The maximum absolute atomic E-state index is 13.5. The van der Waals surface area contributed by atoms with Gasteiger partial charge in [0.15, 0.2) is 6.61 Å². The van der Waals surface area contributed by atoms with Gasteiger partial charge in [0.05, 0.1) is 22.8 Å². The molecule has 222 valence electrons. The molecule has 0 spiro atoms. The van der Waals surface area contributed by atoms with Crippen LogP contribution in [0.25, 0.3) is 0 Å². The Hall–Kier alpha value is -4.96. The van der Waals surface area contributed by atoms with E-state index in [9.17, 15) is 18.0 Å². The molecule has 0 aliphatic rings. The van der Waals surface area contributed by atoms with E-state index < -0.39 is 22.5 Å². The van der Waals surface area contributed by atoms with Crippen LogP contribution in [0.4, 0.5) is 5.69 Å². The quantitative estimate of drug-likeness (QED) is 0.178. The summed E-state index contributed by atoms with van der Waals surface area (Å²) >= 11 is 0. The minimum Gasteiger partial charge on any atom is -0.484 e. The van der Waals surface area contributed by atoms with E-state index in [1.54, 1.807) is 54.6 Å². The molecule has 0 fully saturated rings. The third kappa shape index (κ3) is 8.30. The molecule has 10 heteroatoms. The summed E-state index contributed by atoms with van der Waals surface area (Å²) in [5, 5.41) is 6.90. The summed E-state index contributed by atoms with van der Waals surface area (Å²) < 4.78 is 33.8. The van der Waals surface area contributed by atoms with Crippen molar-refractivity contribution in [2.24, 2.45) is 5.10 Å². The molecular weight excluding hydrogens is 564 g/mol. The first-order valence-corrected chi connectivity index (χ1v) is 15.1. The lowest BCUT2D eigenvalue weighted by Crippen LogP contribution is -2.40. The van der Waals surface area contributed by atoms with E-state index in [2.05, 4.69) is 15.8 Å². The average molecular weight is 599 g/mol. The number of carbonyl (C=O) groups is 2. The predicted molar refractivity (Wildman–Crippen MR) is 168 cm³/mol. The normalized spacial score (nSPS) is 12.0. The molecule has 43 heavy (non-hydrogen) atoms. The SMILES string of the molecule is Cc1cccc(N(CC(=O)NN=Cc2ccc(OCC(=O)N[C@H](C)c3ccccc3)cc2)S(=O)(=O)c2ccccc2)c1C. The molecule has 0 saturated carbocycles. The van der Waals surface area contributed by atoms with Gasteiger partial charge in [0.2, 0.25) is 0 Å². The molecule has 9 nitrogen and oxygen atoms in total. The average Bonchev–Trinajstić information content (AvgIpc) is 3.02. The molecule has 2 amide bonds. The summed E-state index contributed by atoms with van der Waals surface area (Å²) in [4.78, 5) is 25.2. The van der Waals surface area contributed by atoms with E-state index in [4.69, 9.17) is 4.74 Å². The Labute approximate surface area is 252 Å². The van der Waals surface area contributed by atoms with Gasteiger partial charge in [0, 0.05) is 0 Å². The van der Waals surface area contributed by atoms with Gasteiger partial charge < -0.3 is 10.1 Å². The Bertz CT molecular complexity index is 1680. The minimum atomic E-state index is -4.02. The maximum atomic E-state index is 13.5. The summed E-state index contributed by atoms with van der Waals surface area (Å²) in [5.41, 5.74) is 6.16. The number of nitrogens with one attached hydrogen (secondary N) is 2. The smallest absolute Gasteiger partial charge is 0.264 e. The fourth-order valence-corrected chi connectivity index (χ4v) is 5.78. The lowest BCUT2D eigenvalue weighted by molar-refractivity contribution is -0.123. The number of hydrogen-bond donors (Lipinski definition) is 2. The first-order chi connectivity index (χ1) is 20.6. The molecule has 4 aromatic carbocycles. The lowest BCUT2D eigenvalue weighted by atomic mass is 10.1. The van der Waals surface area contributed by atoms with Gasteiger partial charge in [-0.25, -0.2) is 13.8 Å². The molecule has 0 radical (unpaired) electrons. The summed E-state index contributed by atoms with van der Waals surface area (Å²) in [7, 11) is -4.02. The third-order valence-electron chi connectivity index (χ3n) is 6.79. The van der Waals surface area contributed by atoms with Crippen molar-refractivity contribution in [3.05, 3.63) is 125 Å². The second-order valence-electron chi connectivity index (χ2n) is 9.89. The summed E-state index contributed by atoms with van der Waals surface area (Å²) in [6, 6.07) is 29.6. The van der Waals surface area contributed by atoms with Gasteiger partial charge >= 0.3 is 0 Å². The first-order valence-electron chi connectivity index (χ1n) is 13.7. The molecule has 0 aliphatic carbocycles. The van der Waals surface area contributed by atoms with Crippen LogP contribution in [0.2, 0.25) is 0 Å². The number of hydrazone groups is 1. The van der Waals surface area contributed by atoms with Crippen molar-refractivity contribution in [1.29, 1.82) is 0 Å². The van der Waals surface area contributed by atoms with Gasteiger partial charge in [-0.05, 0) is 85.5 Å². The highest BCUT2D eigenvalue weighted by atomic mass is 32.2. The molecule has 0 aliphatic heterocycles. The zero-order valence-corrected chi connectivity index (χ0v) is 25.0. The van der Waals surface area contributed by atoms with Crippen molar-refractivity contribution in [3.63, 3.8) is 0 Å². The Morgan fingerprint density at radius 3 is 2.19 bits per heavy atom. The van der Waals surface area contributed by atoms with Crippen molar-refractivity contribution in [2.45, 2.75) is 31.7 Å². The Balaban J connectivity index is 1.34. The van der Waals surface area contributed by atoms with Crippen molar-refractivity contribution in [2.75, 3.05) is 17.5 Å². The third-order valence-corrected chi connectivity index (χ3v) is 8.57. The van der Waals surface area contributed by atoms with Crippen LogP contribution >= 0.6 is 0 Å². The Kier molecular flexibility index (Phi) is 10.3. The van der Waals surface area contributed by atoms with Crippen LogP contribution in [-0.2, 0) is 19.6 Å². The summed E-state index contributed by atoms with van der Waals surface area (Å²) in [5.74, 6) is -0.347. The van der Waals surface area contributed by atoms with Crippen LogP contribution in [0, 0.1) is 13.8 Å². The van der Waals surface area contributed by atoms with E-state index in [-0.39, 0.29) is 23.5 Å². The van der Waals surface area contributed by atoms with Crippen molar-refractivity contribution in [1.82, 2.24) is 10.7 Å². The fraction of sp³-hybridized carbons (Fsp3) is 0.182. The van der Waals surface area contributed by atoms with Crippen LogP contribution in [-0.4, -0.2) is 39.6 Å². The number of nitrogens with zero attached hydrogens (tertiary/aromatic N) is 2. The second-order valence-corrected chi connectivity index (χ2v) is 11.8. The number of amides is 2. The Morgan fingerprint density at radius 2 is 1.51 bits per heavy atom. The number of rotatable bonds is 12. The highest BCUT2D eigenvalue weighted by Crippen LogP contribution is 2.28. The number of hydrogen-bond acceptors (Lipinski definition) is 6. The van der Waals surface area contributed by atoms with Gasteiger partial charge in [-0.15, -0.1) is 0 Å². The highest BCUT2D eigenvalue weighted by Gasteiger charge is 2.28. The minimum absolute atomic E-state index is 0.0812. The molecule has 0 aromatic heterocycles. The number of carbonyl (C=O) groups excluding carboxylic acids is 2. The summed E-state index contributed by atoms with van der Waals surface area (Å²) in [6.07, 6.45) is 1.43. The predicted octanol–water partition coefficient (Wildman–Crippen LogP) is 4.91. The van der Waals surface area contributed by atoms with Gasteiger partial charge in [-0.1, -0.05) is 60.7 Å². The van der Waals surface area contributed by atoms with Crippen LogP contribution in [0.3, 0.4) is 0 Å². The van der Waals surface area contributed by atoms with Gasteiger partial charge in [-0.2, -0.15) is 5.10 Å². The van der Waals surface area contributed by atoms with Crippen LogP contribution < -0.4 is 19.8 Å². The van der Waals surface area contributed by atoms with E-state index >= 15 is 0 Å². The van der Waals surface area contributed by atoms with E-state index in [1.807, 2.05) is 57.2 Å². The van der Waals surface area contributed by atoms with Crippen molar-refractivity contribution in [3.8, 4) is 5.75 Å². The van der Waals surface area contributed by atoms with Gasteiger partial charge in [0.25, 0.3) is 21.8 Å². The van der Waals surface area contributed by atoms with Gasteiger partial charge in [-0.3, -0.25) is 13.9 Å². The highest BCUT2D eigenvalue weighted by molar-refractivity contribution is 7.92. The molecular formula is C33H34N4O5S. The number of aryl methyl sites for hydroxylation is 1. The molecule has 0 unspecified atom stereocenters. The summed E-state index contributed by atoms with van der Waals surface area (Å²) in [6.45, 7) is 5.01. The van der Waals surface area contributed by atoms with Crippen LogP contribution in [0.5, 0.6) is 5.75 Å². The topological polar surface area (TPSA) is 117 Å².